The van der Waals surface area contributed by atoms with Crippen molar-refractivity contribution in [2.24, 2.45) is 0 Å². The van der Waals surface area contributed by atoms with Gasteiger partial charge in [-0.1, -0.05) is 47.8 Å². The predicted molar refractivity (Wildman–Crippen MR) is 61.2 cm³/mol. The molecular formula is C8H5Br3F2O. The molecule has 0 heterocycles. The van der Waals surface area contributed by atoms with Crippen LogP contribution in [0.25, 0.3) is 0 Å². The van der Waals surface area contributed by atoms with Gasteiger partial charge in [0.25, 0.3) is 0 Å². The van der Waals surface area contributed by atoms with Crippen LogP contribution in [0.2, 0.25) is 0 Å². The molecular weight excluding hydrogens is 390 g/mol. The van der Waals surface area contributed by atoms with Crippen LogP contribution in [0.1, 0.15) is 0 Å². The van der Waals surface area contributed by atoms with Gasteiger partial charge in [0.05, 0.1) is 0 Å². The van der Waals surface area contributed by atoms with Gasteiger partial charge in [-0.25, -0.2) is 0 Å². The maximum absolute atomic E-state index is 12.8. The van der Waals surface area contributed by atoms with Gasteiger partial charge >= 0.3 is 6.11 Å². The van der Waals surface area contributed by atoms with Gasteiger partial charge in [-0.3, -0.25) is 0 Å². The van der Waals surface area contributed by atoms with Crippen LogP contribution >= 0.6 is 47.8 Å². The summed E-state index contributed by atoms with van der Waals surface area (Å²) >= 11 is 9.02. The molecule has 0 fully saturated rings. The van der Waals surface area contributed by atoms with Gasteiger partial charge in [-0.15, -0.1) is 0 Å². The van der Waals surface area contributed by atoms with Crippen molar-refractivity contribution in [3.63, 3.8) is 0 Å². The Kier molecular flexibility index (Phi) is 4.33. The largest absolute Gasteiger partial charge is 0.432 e. The summed E-state index contributed by atoms with van der Waals surface area (Å²) in [7, 11) is 0. The highest BCUT2D eigenvalue weighted by molar-refractivity contribution is 9.11. The maximum atomic E-state index is 12.8. The van der Waals surface area contributed by atoms with E-state index in [0.29, 0.717) is 8.95 Å². The summed E-state index contributed by atoms with van der Waals surface area (Å²) in [5.41, 5.74) is 0. The van der Waals surface area contributed by atoms with E-state index in [0.717, 1.165) is 0 Å². The topological polar surface area (TPSA) is 9.23 Å². The molecule has 0 aromatic heterocycles. The van der Waals surface area contributed by atoms with E-state index in [2.05, 4.69) is 52.5 Å². The first kappa shape index (κ1) is 12.4. The van der Waals surface area contributed by atoms with Crippen LogP contribution in [0, 0.1) is 0 Å². The summed E-state index contributed by atoms with van der Waals surface area (Å²) in [5.74, 6) is 0.107. The molecule has 14 heavy (non-hydrogen) atoms. The maximum Gasteiger partial charge on any atom is 0.407 e. The molecule has 6 heteroatoms. The smallest absolute Gasteiger partial charge is 0.407 e. The van der Waals surface area contributed by atoms with E-state index in [9.17, 15) is 8.78 Å². The molecule has 1 aromatic rings. The van der Waals surface area contributed by atoms with Gasteiger partial charge in [0.2, 0.25) is 0 Å². The van der Waals surface area contributed by atoms with Crippen molar-refractivity contribution in [3.8, 4) is 5.75 Å². The molecule has 0 radical (unpaired) electrons. The quantitative estimate of drug-likeness (QED) is 0.682. The van der Waals surface area contributed by atoms with E-state index in [1.807, 2.05) is 0 Å². The zero-order valence-electron chi connectivity index (χ0n) is 6.74. The highest BCUT2D eigenvalue weighted by atomic mass is 79.9. The van der Waals surface area contributed by atoms with Crippen molar-refractivity contribution >= 4 is 47.8 Å². The predicted octanol–water partition coefficient (Wildman–Crippen LogP) is 4.58. The monoisotopic (exact) mass is 392 g/mol. The average Bonchev–Trinajstić information content (AvgIpc) is 2.01. The van der Waals surface area contributed by atoms with E-state index < -0.39 is 11.4 Å². The van der Waals surface area contributed by atoms with Crippen LogP contribution in [0.5, 0.6) is 5.75 Å². The minimum atomic E-state index is -3.19. The Labute approximate surface area is 105 Å². The molecule has 0 atom stereocenters. The van der Waals surface area contributed by atoms with E-state index in [1.54, 1.807) is 6.07 Å². The minimum Gasteiger partial charge on any atom is -0.432 e. The second-order valence-corrected chi connectivity index (χ2v) is 4.87. The van der Waals surface area contributed by atoms with Crippen molar-refractivity contribution in [3.05, 3.63) is 27.1 Å². The first-order chi connectivity index (χ1) is 6.43. The van der Waals surface area contributed by atoms with Crippen molar-refractivity contribution in [1.82, 2.24) is 0 Å². The third-order valence-corrected chi connectivity index (χ3v) is 2.83. The molecule has 1 nitrogen and oxygen atoms in total. The molecule has 0 N–H and O–H groups in total. The van der Waals surface area contributed by atoms with Crippen LogP contribution in [0.4, 0.5) is 8.78 Å². The molecule has 0 spiro atoms. The molecule has 0 unspecified atom stereocenters. The molecule has 0 amide bonds. The molecule has 0 aliphatic rings. The summed E-state index contributed by atoms with van der Waals surface area (Å²) in [6.07, 6.45) is -3.19. The molecule has 0 aliphatic carbocycles. The third-order valence-electron chi connectivity index (χ3n) is 1.26. The van der Waals surface area contributed by atoms with E-state index >= 15 is 0 Å². The lowest BCUT2D eigenvalue weighted by molar-refractivity contribution is -0.153. The Morgan fingerprint density at radius 3 is 2.07 bits per heavy atom. The molecule has 0 bridgehead atoms. The fourth-order valence-corrected chi connectivity index (χ4v) is 2.15. The van der Waals surface area contributed by atoms with Crippen LogP contribution < -0.4 is 4.74 Å². The lowest BCUT2D eigenvalue weighted by Gasteiger charge is -2.15. The van der Waals surface area contributed by atoms with Crippen LogP contribution in [-0.4, -0.2) is 11.4 Å². The van der Waals surface area contributed by atoms with Crippen molar-refractivity contribution in [2.45, 2.75) is 6.11 Å². The minimum absolute atomic E-state index is 0.107. The van der Waals surface area contributed by atoms with E-state index in [4.69, 9.17) is 0 Å². The lowest BCUT2D eigenvalue weighted by Crippen LogP contribution is -2.26. The summed E-state index contributed by atoms with van der Waals surface area (Å²) in [6, 6.07) is 4.68. The van der Waals surface area contributed by atoms with Gasteiger partial charge < -0.3 is 4.74 Å². The second-order valence-electron chi connectivity index (χ2n) is 2.48. The number of halogens is 5. The second kappa shape index (κ2) is 4.90. The number of ether oxygens (including phenoxy) is 1. The molecule has 1 rings (SSSR count). The molecule has 0 saturated heterocycles. The Hall–Kier alpha value is 0.320. The number of hydrogen-bond acceptors (Lipinski definition) is 1. The molecule has 78 valence electrons. The SMILES string of the molecule is FC(F)(CBr)Oc1cc(Br)cc(Br)c1. The van der Waals surface area contributed by atoms with Gasteiger partial charge in [-0.2, -0.15) is 8.78 Å². The van der Waals surface area contributed by atoms with Gasteiger partial charge in [0, 0.05) is 8.95 Å². The summed E-state index contributed by atoms with van der Waals surface area (Å²) < 4.78 is 31.4. The Balaban J connectivity index is 2.87. The fraction of sp³-hybridized carbons (Fsp3) is 0.250. The van der Waals surface area contributed by atoms with Crippen LogP contribution in [0.3, 0.4) is 0 Å². The number of benzene rings is 1. The summed E-state index contributed by atoms with van der Waals surface area (Å²) in [6.45, 7) is 0. The van der Waals surface area contributed by atoms with E-state index in [-0.39, 0.29) is 5.75 Å². The van der Waals surface area contributed by atoms with Gasteiger partial charge in [0.15, 0.2) is 0 Å². The summed E-state index contributed by atoms with van der Waals surface area (Å²) in [4.78, 5) is 0. The zero-order valence-corrected chi connectivity index (χ0v) is 11.5. The fourth-order valence-electron chi connectivity index (χ4n) is 0.787. The van der Waals surface area contributed by atoms with Crippen molar-refractivity contribution < 1.29 is 13.5 Å². The van der Waals surface area contributed by atoms with Crippen LogP contribution in [-0.2, 0) is 0 Å². The van der Waals surface area contributed by atoms with Gasteiger partial charge in [-0.05, 0) is 18.2 Å². The van der Waals surface area contributed by atoms with Crippen LogP contribution in [0.15, 0.2) is 27.1 Å². The Bertz CT molecular complexity index is 310. The Morgan fingerprint density at radius 1 is 1.14 bits per heavy atom. The molecule has 0 saturated carbocycles. The first-order valence-electron chi connectivity index (χ1n) is 3.52. The van der Waals surface area contributed by atoms with Crippen molar-refractivity contribution in [1.29, 1.82) is 0 Å². The van der Waals surface area contributed by atoms with Gasteiger partial charge in [0.1, 0.15) is 11.1 Å². The lowest BCUT2D eigenvalue weighted by atomic mass is 10.3. The van der Waals surface area contributed by atoms with E-state index in [1.165, 1.54) is 12.1 Å². The number of alkyl halides is 3. The molecule has 0 aliphatic heterocycles. The highest BCUT2D eigenvalue weighted by Crippen LogP contribution is 2.29. The average molecular weight is 395 g/mol. The standard InChI is InChI=1S/C8H5Br3F2O/c9-4-8(12,13)14-7-2-5(10)1-6(11)3-7/h1-3H,4H2. The number of hydrogen-bond donors (Lipinski definition) is 0. The number of rotatable bonds is 3. The third kappa shape index (κ3) is 3.82. The normalized spacial score (nSPS) is 11.5. The van der Waals surface area contributed by atoms with Crippen molar-refractivity contribution in [2.75, 3.05) is 5.33 Å². The molecule has 1 aromatic carbocycles. The highest BCUT2D eigenvalue weighted by Gasteiger charge is 2.29. The Morgan fingerprint density at radius 2 is 1.64 bits per heavy atom. The zero-order chi connectivity index (χ0) is 10.8. The summed E-state index contributed by atoms with van der Waals surface area (Å²) in [5, 5.41) is -0.538. The first-order valence-corrected chi connectivity index (χ1v) is 6.22.